The number of hydrogen-bond donors (Lipinski definition) is 2. The van der Waals surface area contributed by atoms with Crippen LogP contribution in [0, 0.1) is 20.8 Å². The largest absolute Gasteiger partial charge is 0.397 e. The number of anilines is 2. The number of nitrogen functional groups attached to an aromatic ring is 1. The van der Waals surface area contributed by atoms with E-state index in [4.69, 9.17) is 5.73 Å². The first-order valence-electron chi connectivity index (χ1n) is 5.82. The van der Waals surface area contributed by atoms with E-state index in [1.165, 1.54) is 6.20 Å². The van der Waals surface area contributed by atoms with Gasteiger partial charge in [0.05, 0.1) is 28.8 Å². The van der Waals surface area contributed by atoms with Gasteiger partial charge in [-0.2, -0.15) is 10.2 Å². The molecular weight excluding hydrogens is 242 g/mol. The number of pyridine rings is 1. The highest BCUT2D eigenvalue weighted by Crippen LogP contribution is 2.14. The minimum atomic E-state index is -0.257. The van der Waals surface area contributed by atoms with Crippen molar-refractivity contribution < 1.29 is 4.79 Å². The van der Waals surface area contributed by atoms with Crippen LogP contribution >= 0.6 is 0 Å². The predicted molar refractivity (Wildman–Crippen MR) is 72.8 cm³/mol. The van der Waals surface area contributed by atoms with Gasteiger partial charge in [-0.25, -0.2) is 4.98 Å². The van der Waals surface area contributed by atoms with Crippen LogP contribution in [0.3, 0.4) is 0 Å². The van der Waals surface area contributed by atoms with Crippen molar-refractivity contribution in [3.63, 3.8) is 0 Å². The lowest BCUT2D eigenvalue weighted by Crippen LogP contribution is -2.16. The first-order valence-corrected chi connectivity index (χ1v) is 5.82. The molecule has 0 saturated heterocycles. The van der Waals surface area contributed by atoms with Crippen molar-refractivity contribution in [3.05, 3.63) is 40.8 Å². The summed E-state index contributed by atoms with van der Waals surface area (Å²) in [5.41, 5.74) is 8.90. The Balaban J connectivity index is 2.25. The molecule has 2 heterocycles. The fraction of sp³-hybridized carbons (Fsp3) is 0.231. The molecule has 0 aliphatic rings. The molecule has 2 aromatic heterocycles. The summed E-state index contributed by atoms with van der Waals surface area (Å²) in [5, 5.41) is 10.5. The number of nitrogens with two attached hydrogens (primary N) is 1. The molecule has 98 valence electrons. The van der Waals surface area contributed by atoms with Crippen LogP contribution in [0.15, 0.2) is 18.3 Å². The van der Waals surface area contributed by atoms with Crippen molar-refractivity contribution in [2.75, 3.05) is 11.1 Å². The zero-order valence-corrected chi connectivity index (χ0v) is 11.1. The number of nitrogens with one attached hydrogen (secondary N) is 1. The van der Waals surface area contributed by atoms with Gasteiger partial charge in [0.2, 0.25) is 0 Å². The van der Waals surface area contributed by atoms with E-state index in [0.29, 0.717) is 28.5 Å². The van der Waals surface area contributed by atoms with Crippen molar-refractivity contribution in [1.82, 2.24) is 15.2 Å². The maximum absolute atomic E-state index is 12.1. The van der Waals surface area contributed by atoms with Gasteiger partial charge in [0.15, 0.2) is 0 Å². The van der Waals surface area contributed by atoms with Gasteiger partial charge in [-0.05, 0) is 38.5 Å². The lowest BCUT2D eigenvalue weighted by molar-refractivity contribution is 0.102. The SMILES string of the molecule is Cc1cc(C(=O)Nc2cc(C)c(N)cn2)c(C)nn1. The van der Waals surface area contributed by atoms with Crippen LogP contribution in [-0.4, -0.2) is 21.1 Å². The molecule has 0 aliphatic carbocycles. The highest BCUT2D eigenvalue weighted by atomic mass is 16.1. The summed E-state index contributed by atoms with van der Waals surface area (Å²) >= 11 is 0. The lowest BCUT2D eigenvalue weighted by atomic mass is 10.2. The molecule has 6 heteroatoms. The molecule has 0 unspecified atom stereocenters. The van der Waals surface area contributed by atoms with E-state index in [0.717, 1.165) is 5.56 Å². The van der Waals surface area contributed by atoms with Crippen LogP contribution in [0.25, 0.3) is 0 Å². The summed E-state index contributed by atoms with van der Waals surface area (Å²) in [4.78, 5) is 16.2. The second kappa shape index (κ2) is 5.01. The Hall–Kier alpha value is -2.50. The third kappa shape index (κ3) is 2.85. The van der Waals surface area contributed by atoms with Gasteiger partial charge >= 0.3 is 0 Å². The molecule has 0 atom stereocenters. The third-order valence-corrected chi connectivity index (χ3v) is 2.74. The maximum atomic E-state index is 12.1. The smallest absolute Gasteiger partial charge is 0.258 e. The Morgan fingerprint density at radius 1 is 1.21 bits per heavy atom. The van der Waals surface area contributed by atoms with E-state index in [1.54, 1.807) is 26.0 Å². The molecule has 2 rings (SSSR count). The summed E-state index contributed by atoms with van der Waals surface area (Å²) in [7, 11) is 0. The van der Waals surface area contributed by atoms with Crippen molar-refractivity contribution >= 4 is 17.4 Å². The molecule has 6 nitrogen and oxygen atoms in total. The van der Waals surface area contributed by atoms with E-state index in [2.05, 4.69) is 20.5 Å². The van der Waals surface area contributed by atoms with E-state index in [-0.39, 0.29) is 5.91 Å². The zero-order valence-electron chi connectivity index (χ0n) is 11.1. The van der Waals surface area contributed by atoms with Crippen LogP contribution in [0.2, 0.25) is 0 Å². The topological polar surface area (TPSA) is 93.8 Å². The fourth-order valence-corrected chi connectivity index (χ4v) is 1.60. The van der Waals surface area contributed by atoms with E-state index < -0.39 is 0 Å². The number of carbonyl (C=O) groups excluding carboxylic acids is 1. The highest BCUT2D eigenvalue weighted by Gasteiger charge is 2.12. The Morgan fingerprint density at radius 3 is 2.63 bits per heavy atom. The average molecular weight is 257 g/mol. The quantitative estimate of drug-likeness (QED) is 0.852. The molecular formula is C13H15N5O. The summed E-state index contributed by atoms with van der Waals surface area (Å²) < 4.78 is 0. The molecule has 0 radical (unpaired) electrons. The van der Waals surface area contributed by atoms with Crippen LogP contribution in [0.5, 0.6) is 0 Å². The molecule has 2 aromatic rings. The standard InChI is InChI=1S/C13H15N5O/c1-7-4-12(15-6-11(7)14)16-13(19)10-5-8(2)17-18-9(10)3/h4-6H,14H2,1-3H3,(H,15,16,19). The predicted octanol–water partition coefficient (Wildman–Crippen LogP) is 1.63. The number of rotatable bonds is 2. The Kier molecular flexibility index (Phi) is 3.41. The molecule has 0 saturated carbocycles. The van der Waals surface area contributed by atoms with Gasteiger partial charge in [-0.3, -0.25) is 4.79 Å². The molecule has 0 spiro atoms. The number of aromatic nitrogens is 3. The molecule has 1 amide bonds. The van der Waals surface area contributed by atoms with Crippen molar-refractivity contribution in [1.29, 1.82) is 0 Å². The fourth-order valence-electron chi connectivity index (χ4n) is 1.60. The van der Waals surface area contributed by atoms with Crippen molar-refractivity contribution in [2.45, 2.75) is 20.8 Å². The summed E-state index contributed by atoms with van der Waals surface area (Å²) in [6.45, 7) is 5.38. The number of aryl methyl sites for hydroxylation is 3. The summed E-state index contributed by atoms with van der Waals surface area (Å²) in [5.74, 6) is 0.206. The molecule has 0 fully saturated rings. The monoisotopic (exact) mass is 257 g/mol. The Labute approximate surface area is 111 Å². The number of nitrogens with zero attached hydrogens (tertiary/aromatic N) is 3. The van der Waals surface area contributed by atoms with Crippen LogP contribution in [0.4, 0.5) is 11.5 Å². The van der Waals surface area contributed by atoms with Crippen LogP contribution in [-0.2, 0) is 0 Å². The third-order valence-electron chi connectivity index (χ3n) is 2.74. The average Bonchev–Trinajstić information content (AvgIpc) is 2.36. The summed E-state index contributed by atoms with van der Waals surface area (Å²) in [6, 6.07) is 3.42. The molecule has 19 heavy (non-hydrogen) atoms. The normalized spacial score (nSPS) is 10.3. The van der Waals surface area contributed by atoms with Crippen LogP contribution < -0.4 is 11.1 Å². The second-order valence-corrected chi connectivity index (χ2v) is 4.37. The zero-order chi connectivity index (χ0) is 14.0. The molecule has 3 N–H and O–H groups in total. The van der Waals surface area contributed by atoms with E-state index >= 15 is 0 Å². The lowest BCUT2D eigenvalue weighted by Gasteiger charge is -2.08. The first-order chi connectivity index (χ1) is 8.97. The Morgan fingerprint density at radius 2 is 1.95 bits per heavy atom. The number of amides is 1. The second-order valence-electron chi connectivity index (χ2n) is 4.37. The minimum absolute atomic E-state index is 0.257. The van der Waals surface area contributed by atoms with Crippen LogP contribution in [0.1, 0.15) is 27.3 Å². The van der Waals surface area contributed by atoms with Gasteiger partial charge in [-0.1, -0.05) is 0 Å². The van der Waals surface area contributed by atoms with E-state index in [9.17, 15) is 4.79 Å². The molecule has 0 aliphatic heterocycles. The maximum Gasteiger partial charge on any atom is 0.258 e. The highest BCUT2D eigenvalue weighted by molar-refractivity contribution is 6.04. The van der Waals surface area contributed by atoms with E-state index in [1.807, 2.05) is 6.92 Å². The van der Waals surface area contributed by atoms with Gasteiger partial charge in [0.25, 0.3) is 5.91 Å². The number of carbonyl (C=O) groups is 1. The Bertz CT molecular complexity index is 639. The summed E-state index contributed by atoms with van der Waals surface area (Å²) in [6.07, 6.45) is 1.52. The first kappa shape index (κ1) is 12.9. The van der Waals surface area contributed by atoms with Gasteiger partial charge in [0.1, 0.15) is 5.82 Å². The van der Waals surface area contributed by atoms with Crippen molar-refractivity contribution in [3.8, 4) is 0 Å². The molecule has 0 aromatic carbocycles. The number of hydrogen-bond acceptors (Lipinski definition) is 5. The van der Waals surface area contributed by atoms with Gasteiger partial charge in [0, 0.05) is 0 Å². The van der Waals surface area contributed by atoms with Gasteiger partial charge in [-0.15, -0.1) is 0 Å². The minimum Gasteiger partial charge on any atom is -0.397 e. The van der Waals surface area contributed by atoms with Gasteiger partial charge < -0.3 is 11.1 Å². The molecule has 0 bridgehead atoms. The van der Waals surface area contributed by atoms with Crippen molar-refractivity contribution in [2.24, 2.45) is 0 Å².